The topological polar surface area (TPSA) is 84.7 Å². The lowest BCUT2D eigenvalue weighted by Gasteiger charge is -2.33. The predicted molar refractivity (Wildman–Crippen MR) is 68.3 cm³/mol. The first kappa shape index (κ1) is 14.4. The summed E-state index contributed by atoms with van der Waals surface area (Å²) in [6.45, 7) is 3.96. The van der Waals surface area contributed by atoms with E-state index in [4.69, 9.17) is 4.74 Å². The fourth-order valence-corrected chi connectivity index (χ4v) is 4.33. The average molecular weight is 289 g/mol. The number of sulfonamides is 1. The van der Waals surface area contributed by atoms with Crippen LogP contribution in [0.25, 0.3) is 0 Å². The van der Waals surface area contributed by atoms with Crippen molar-refractivity contribution in [1.29, 1.82) is 0 Å². The van der Waals surface area contributed by atoms with Gasteiger partial charge in [0.25, 0.3) is 0 Å². The van der Waals surface area contributed by atoms with Crippen LogP contribution in [0, 0.1) is 13.8 Å². The molecule has 8 heteroatoms. The van der Waals surface area contributed by atoms with Crippen molar-refractivity contribution in [3.63, 3.8) is 0 Å². The Morgan fingerprint density at radius 3 is 2.68 bits per heavy atom. The number of aromatic nitrogens is 2. The summed E-state index contributed by atoms with van der Waals surface area (Å²) in [5.41, 5.74) is 1.07. The molecule has 19 heavy (non-hydrogen) atoms. The number of morpholine rings is 1. The van der Waals surface area contributed by atoms with Gasteiger partial charge < -0.3 is 9.84 Å². The third-order valence-electron chi connectivity index (χ3n) is 3.39. The maximum absolute atomic E-state index is 12.7. The third kappa shape index (κ3) is 2.40. The first-order chi connectivity index (χ1) is 8.89. The summed E-state index contributed by atoms with van der Waals surface area (Å²) in [6, 6.07) is -0.530. The lowest BCUT2D eigenvalue weighted by Crippen LogP contribution is -2.50. The van der Waals surface area contributed by atoms with Crippen LogP contribution in [0.5, 0.6) is 0 Å². The summed E-state index contributed by atoms with van der Waals surface area (Å²) < 4.78 is 33.5. The number of aliphatic hydroxyl groups excluding tert-OH is 1. The van der Waals surface area contributed by atoms with Crippen LogP contribution in [-0.4, -0.2) is 60.0 Å². The van der Waals surface area contributed by atoms with E-state index in [0.717, 1.165) is 0 Å². The van der Waals surface area contributed by atoms with Gasteiger partial charge in [0.15, 0.2) is 0 Å². The fourth-order valence-electron chi connectivity index (χ4n) is 2.34. The van der Waals surface area contributed by atoms with E-state index in [9.17, 15) is 13.5 Å². The summed E-state index contributed by atoms with van der Waals surface area (Å²) in [5, 5.41) is 13.4. The van der Waals surface area contributed by atoms with Crippen LogP contribution >= 0.6 is 0 Å². The van der Waals surface area contributed by atoms with Crippen molar-refractivity contribution in [3.8, 4) is 0 Å². The van der Waals surface area contributed by atoms with Gasteiger partial charge in [0.2, 0.25) is 10.0 Å². The molecule has 1 aromatic heterocycles. The SMILES string of the molecule is Cc1nn(C)c(C)c1S(=O)(=O)N1CCOCC1CO. The zero-order chi connectivity index (χ0) is 14.2. The number of aliphatic hydroxyl groups is 1. The lowest BCUT2D eigenvalue weighted by atomic mass is 10.3. The maximum Gasteiger partial charge on any atom is 0.247 e. The van der Waals surface area contributed by atoms with E-state index in [-0.39, 0.29) is 24.7 Å². The first-order valence-corrected chi connectivity index (χ1v) is 7.54. The van der Waals surface area contributed by atoms with Crippen LogP contribution in [0.4, 0.5) is 0 Å². The van der Waals surface area contributed by atoms with Crippen LogP contribution in [0.2, 0.25) is 0 Å². The van der Waals surface area contributed by atoms with E-state index in [0.29, 0.717) is 18.0 Å². The second-order valence-electron chi connectivity index (χ2n) is 4.65. The Labute approximate surface area is 112 Å². The molecule has 0 saturated carbocycles. The molecule has 0 aliphatic carbocycles. The van der Waals surface area contributed by atoms with Gasteiger partial charge in [-0.05, 0) is 13.8 Å². The summed E-state index contributed by atoms with van der Waals surface area (Å²) >= 11 is 0. The van der Waals surface area contributed by atoms with Crippen molar-refractivity contribution < 1.29 is 18.3 Å². The first-order valence-electron chi connectivity index (χ1n) is 6.10. The van der Waals surface area contributed by atoms with Gasteiger partial charge in [-0.1, -0.05) is 0 Å². The normalized spacial score (nSPS) is 21.8. The van der Waals surface area contributed by atoms with Crippen molar-refractivity contribution in [2.75, 3.05) is 26.4 Å². The third-order valence-corrected chi connectivity index (χ3v) is 5.60. The average Bonchev–Trinajstić information content (AvgIpc) is 2.63. The highest BCUT2D eigenvalue weighted by atomic mass is 32.2. The van der Waals surface area contributed by atoms with E-state index in [1.165, 1.54) is 4.31 Å². The fraction of sp³-hybridized carbons (Fsp3) is 0.727. The molecule has 1 N–H and O–H groups in total. The van der Waals surface area contributed by atoms with E-state index < -0.39 is 16.1 Å². The predicted octanol–water partition coefficient (Wildman–Crippen LogP) is -0.581. The molecule has 0 amide bonds. The summed E-state index contributed by atoms with van der Waals surface area (Å²) in [6.07, 6.45) is 0. The Hall–Kier alpha value is -0.960. The van der Waals surface area contributed by atoms with Gasteiger partial charge >= 0.3 is 0 Å². The monoisotopic (exact) mass is 289 g/mol. The highest BCUT2D eigenvalue weighted by Gasteiger charge is 2.36. The van der Waals surface area contributed by atoms with Gasteiger partial charge in [-0.2, -0.15) is 9.40 Å². The zero-order valence-corrected chi connectivity index (χ0v) is 12.1. The Morgan fingerprint density at radius 1 is 1.47 bits per heavy atom. The van der Waals surface area contributed by atoms with Crippen molar-refractivity contribution in [2.45, 2.75) is 24.8 Å². The molecular weight excluding hydrogens is 270 g/mol. The van der Waals surface area contributed by atoms with Gasteiger partial charge in [0.1, 0.15) is 4.90 Å². The largest absolute Gasteiger partial charge is 0.395 e. The minimum atomic E-state index is -3.65. The second kappa shape index (κ2) is 5.20. The number of hydrogen-bond acceptors (Lipinski definition) is 5. The second-order valence-corrected chi connectivity index (χ2v) is 6.48. The quantitative estimate of drug-likeness (QED) is 0.804. The standard InChI is InChI=1S/C11H19N3O4S/c1-8-11(9(2)13(3)12-8)19(16,17)14-4-5-18-7-10(14)6-15/h10,15H,4-7H2,1-3H3. The van der Waals surface area contributed by atoms with Crippen molar-refractivity contribution in [3.05, 3.63) is 11.4 Å². The number of aryl methyl sites for hydroxylation is 2. The Balaban J connectivity index is 2.46. The van der Waals surface area contributed by atoms with Gasteiger partial charge in [-0.15, -0.1) is 0 Å². The Kier molecular flexibility index (Phi) is 3.95. The maximum atomic E-state index is 12.7. The van der Waals surface area contributed by atoms with Crippen LogP contribution < -0.4 is 0 Å². The minimum absolute atomic E-state index is 0.216. The van der Waals surface area contributed by atoms with E-state index in [2.05, 4.69) is 5.10 Å². The molecule has 0 bridgehead atoms. The molecule has 0 spiro atoms. The van der Waals surface area contributed by atoms with E-state index in [1.54, 1.807) is 25.6 Å². The minimum Gasteiger partial charge on any atom is -0.395 e. The van der Waals surface area contributed by atoms with Crippen LogP contribution in [0.1, 0.15) is 11.4 Å². The lowest BCUT2D eigenvalue weighted by molar-refractivity contribution is 0.0109. The molecule has 0 aromatic carbocycles. The van der Waals surface area contributed by atoms with Crippen molar-refractivity contribution >= 4 is 10.0 Å². The Bertz CT molecular complexity index is 567. The molecule has 1 aromatic rings. The van der Waals surface area contributed by atoms with Crippen LogP contribution in [-0.2, 0) is 21.8 Å². The molecule has 7 nitrogen and oxygen atoms in total. The molecule has 1 atom stereocenters. The highest BCUT2D eigenvalue weighted by molar-refractivity contribution is 7.89. The number of rotatable bonds is 3. The van der Waals surface area contributed by atoms with Crippen LogP contribution in [0.3, 0.4) is 0 Å². The molecule has 108 valence electrons. The van der Waals surface area contributed by atoms with Gasteiger partial charge in [0, 0.05) is 13.6 Å². The zero-order valence-electron chi connectivity index (χ0n) is 11.3. The highest BCUT2D eigenvalue weighted by Crippen LogP contribution is 2.25. The molecule has 1 aliphatic rings. The van der Waals surface area contributed by atoms with E-state index in [1.807, 2.05) is 0 Å². The summed E-state index contributed by atoms with van der Waals surface area (Å²) in [7, 11) is -1.94. The van der Waals surface area contributed by atoms with E-state index >= 15 is 0 Å². The number of ether oxygens (including phenoxy) is 1. The molecule has 1 fully saturated rings. The molecule has 2 heterocycles. The molecule has 1 aliphatic heterocycles. The molecule has 1 saturated heterocycles. The Morgan fingerprint density at radius 2 is 2.16 bits per heavy atom. The molecule has 2 rings (SSSR count). The molecule has 0 radical (unpaired) electrons. The van der Waals surface area contributed by atoms with Gasteiger partial charge in [-0.25, -0.2) is 8.42 Å². The number of hydrogen-bond donors (Lipinski definition) is 1. The smallest absolute Gasteiger partial charge is 0.247 e. The van der Waals surface area contributed by atoms with Gasteiger partial charge in [-0.3, -0.25) is 4.68 Å². The summed E-state index contributed by atoms with van der Waals surface area (Å²) in [5.74, 6) is 0. The molecule has 1 unspecified atom stereocenters. The number of nitrogens with zero attached hydrogens (tertiary/aromatic N) is 3. The van der Waals surface area contributed by atoms with Crippen molar-refractivity contribution in [1.82, 2.24) is 14.1 Å². The van der Waals surface area contributed by atoms with Crippen LogP contribution in [0.15, 0.2) is 4.90 Å². The van der Waals surface area contributed by atoms with Gasteiger partial charge in [0.05, 0.1) is 37.3 Å². The molecular formula is C11H19N3O4S. The summed E-state index contributed by atoms with van der Waals surface area (Å²) in [4.78, 5) is 0.232. The van der Waals surface area contributed by atoms with Crippen molar-refractivity contribution in [2.24, 2.45) is 7.05 Å².